The van der Waals surface area contributed by atoms with E-state index in [-0.39, 0.29) is 17.8 Å². The minimum Gasteiger partial charge on any atom is -0.375 e. The van der Waals surface area contributed by atoms with Gasteiger partial charge in [-0.05, 0) is 12.1 Å². The maximum Gasteiger partial charge on any atom is 0.292 e. The number of nitro benzene ring substituents is 1. The summed E-state index contributed by atoms with van der Waals surface area (Å²) in [5.41, 5.74) is 5.80. The van der Waals surface area contributed by atoms with Crippen LogP contribution < -0.4 is 11.1 Å². The number of nitrogens with zero attached hydrogens (tertiary/aromatic N) is 2. The molecule has 2 aromatic rings. The maximum absolute atomic E-state index is 11.8. The number of anilines is 2. The van der Waals surface area contributed by atoms with Crippen LogP contribution in [0.15, 0.2) is 23.6 Å². The zero-order chi connectivity index (χ0) is 14.7. The van der Waals surface area contributed by atoms with Crippen molar-refractivity contribution in [1.29, 1.82) is 0 Å². The van der Waals surface area contributed by atoms with Gasteiger partial charge in [-0.1, -0.05) is 11.6 Å². The minimum absolute atomic E-state index is 0.0165. The van der Waals surface area contributed by atoms with Crippen molar-refractivity contribution >= 4 is 45.4 Å². The number of nitro groups is 1. The molecule has 104 valence electrons. The highest BCUT2D eigenvalue weighted by Gasteiger charge is 2.16. The highest BCUT2D eigenvalue weighted by Crippen LogP contribution is 2.27. The molecule has 0 atom stereocenters. The molecule has 0 bridgehead atoms. The molecule has 0 radical (unpaired) electrons. The second kappa shape index (κ2) is 5.85. The average Bonchev–Trinajstić information content (AvgIpc) is 2.74. The highest BCUT2D eigenvalue weighted by atomic mass is 35.5. The fraction of sp³-hybridized carbons (Fsp3) is 0.0909. The molecular weight excluding hydrogens is 304 g/mol. The number of nitrogen functional groups attached to an aromatic ring is 1. The normalized spacial score (nSPS) is 10.2. The smallest absolute Gasteiger partial charge is 0.292 e. The second-order valence-corrected chi connectivity index (χ2v) is 5.15. The van der Waals surface area contributed by atoms with E-state index in [0.29, 0.717) is 15.8 Å². The van der Waals surface area contributed by atoms with Crippen LogP contribution in [0.5, 0.6) is 0 Å². The first kappa shape index (κ1) is 14.2. The molecule has 0 saturated heterocycles. The fourth-order valence-corrected chi connectivity index (χ4v) is 2.27. The number of thiazole rings is 1. The third-order valence-corrected chi connectivity index (χ3v) is 3.30. The van der Waals surface area contributed by atoms with Crippen LogP contribution in [0.3, 0.4) is 0 Å². The number of hydrogen-bond donors (Lipinski definition) is 2. The van der Waals surface area contributed by atoms with Crippen molar-refractivity contribution < 1.29 is 9.72 Å². The van der Waals surface area contributed by atoms with Crippen molar-refractivity contribution in [1.82, 2.24) is 4.98 Å². The Labute approximate surface area is 122 Å². The maximum atomic E-state index is 11.8. The van der Waals surface area contributed by atoms with Crippen molar-refractivity contribution in [2.75, 3.05) is 11.1 Å². The predicted molar refractivity (Wildman–Crippen MR) is 77.0 cm³/mol. The van der Waals surface area contributed by atoms with Gasteiger partial charge in [-0.25, -0.2) is 4.98 Å². The molecule has 0 aliphatic carbocycles. The van der Waals surface area contributed by atoms with E-state index in [9.17, 15) is 14.9 Å². The third-order valence-electron chi connectivity index (χ3n) is 2.34. The monoisotopic (exact) mass is 312 g/mol. The predicted octanol–water partition coefficient (Wildman–Crippen LogP) is 2.47. The summed E-state index contributed by atoms with van der Waals surface area (Å²) >= 11 is 6.99. The Morgan fingerprint density at radius 3 is 2.90 bits per heavy atom. The molecule has 2 rings (SSSR count). The lowest BCUT2D eigenvalue weighted by Gasteiger charge is -2.05. The van der Waals surface area contributed by atoms with Crippen molar-refractivity contribution in [3.05, 3.63) is 44.4 Å². The molecule has 9 heteroatoms. The van der Waals surface area contributed by atoms with Gasteiger partial charge in [-0.15, -0.1) is 11.3 Å². The van der Waals surface area contributed by atoms with Crippen LogP contribution in [-0.4, -0.2) is 15.8 Å². The Balaban J connectivity index is 2.15. The SMILES string of the molecule is Nc1nc(CC(=O)Nc2cc(Cl)ccc2[N+](=O)[O-])cs1. The molecule has 1 amide bonds. The number of nitrogens with one attached hydrogen (secondary N) is 1. The summed E-state index contributed by atoms with van der Waals surface area (Å²) in [5.74, 6) is -0.430. The number of nitrogens with two attached hydrogens (primary N) is 1. The number of amides is 1. The standard InChI is InChI=1S/C11H9ClN4O3S/c12-6-1-2-9(16(18)19)8(3-6)15-10(17)4-7-5-20-11(13)14-7/h1-3,5H,4H2,(H2,13,14)(H,15,17). The molecule has 0 aliphatic heterocycles. The molecule has 0 spiro atoms. The van der Waals surface area contributed by atoms with Crippen LogP contribution in [0.2, 0.25) is 5.02 Å². The van der Waals surface area contributed by atoms with Gasteiger partial charge < -0.3 is 11.1 Å². The molecule has 7 nitrogen and oxygen atoms in total. The van der Waals surface area contributed by atoms with E-state index in [0.717, 1.165) is 0 Å². The lowest BCUT2D eigenvalue weighted by molar-refractivity contribution is -0.383. The Hall–Kier alpha value is -2.19. The molecule has 0 aliphatic rings. The van der Waals surface area contributed by atoms with Gasteiger partial charge in [0.15, 0.2) is 5.13 Å². The van der Waals surface area contributed by atoms with Crippen molar-refractivity contribution in [3.63, 3.8) is 0 Å². The molecule has 0 unspecified atom stereocenters. The first-order valence-corrected chi connectivity index (χ1v) is 6.65. The van der Waals surface area contributed by atoms with Crippen LogP contribution >= 0.6 is 22.9 Å². The molecular formula is C11H9ClN4O3S. The Morgan fingerprint density at radius 2 is 2.30 bits per heavy atom. The second-order valence-electron chi connectivity index (χ2n) is 3.82. The summed E-state index contributed by atoms with van der Waals surface area (Å²) in [5, 5.41) is 15.6. The summed E-state index contributed by atoms with van der Waals surface area (Å²) < 4.78 is 0. The molecule has 1 aromatic carbocycles. The van der Waals surface area contributed by atoms with Gasteiger partial charge in [0.25, 0.3) is 5.69 Å². The van der Waals surface area contributed by atoms with Crippen LogP contribution in [0.1, 0.15) is 5.69 Å². The molecule has 3 N–H and O–H groups in total. The summed E-state index contributed by atoms with van der Waals surface area (Å²) in [6, 6.07) is 3.95. The van der Waals surface area contributed by atoms with E-state index in [2.05, 4.69) is 10.3 Å². The third kappa shape index (κ3) is 3.43. The van der Waals surface area contributed by atoms with Crippen molar-refractivity contribution in [2.24, 2.45) is 0 Å². The average molecular weight is 313 g/mol. The van der Waals surface area contributed by atoms with Gasteiger partial charge >= 0.3 is 0 Å². The highest BCUT2D eigenvalue weighted by molar-refractivity contribution is 7.13. The Bertz CT molecular complexity index is 673. The Kier molecular flexibility index (Phi) is 4.16. The zero-order valence-corrected chi connectivity index (χ0v) is 11.6. The lowest BCUT2D eigenvalue weighted by Crippen LogP contribution is -2.15. The Morgan fingerprint density at radius 1 is 1.55 bits per heavy atom. The molecule has 0 fully saturated rings. The molecule has 1 aromatic heterocycles. The number of benzene rings is 1. The number of aromatic nitrogens is 1. The van der Waals surface area contributed by atoms with E-state index in [1.807, 2.05) is 0 Å². The number of halogens is 1. The van der Waals surface area contributed by atoms with E-state index < -0.39 is 10.8 Å². The van der Waals surface area contributed by atoms with Gasteiger partial charge in [0.05, 0.1) is 17.0 Å². The summed E-state index contributed by atoms with van der Waals surface area (Å²) in [7, 11) is 0. The van der Waals surface area contributed by atoms with Crippen LogP contribution in [-0.2, 0) is 11.2 Å². The van der Waals surface area contributed by atoms with Gasteiger partial charge in [-0.2, -0.15) is 0 Å². The van der Waals surface area contributed by atoms with Gasteiger partial charge in [0.2, 0.25) is 5.91 Å². The van der Waals surface area contributed by atoms with E-state index >= 15 is 0 Å². The number of carbonyl (C=O) groups is 1. The first-order chi connectivity index (χ1) is 9.45. The fourth-order valence-electron chi connectivity index (χ4n) is 1.53. The zero-order valence-electron chi connectivity index (χ0n) is 10.00. The number of carbonyl (C=O) groups excluding carboxylic acids is 1. The molecule has 0 saturated carbocycles. The summed E-state index contributed by atoms with van der Waals surface area (Å²) in [6.07, 6.45) is -0.0165. The quantitative estimate of drug-likeness (QED) is 0.665. The van der Waals surface area contributed by atoms with Crippen LogP contribution in [0, 0.1) is 10.1 Å². The molecule has 20 heavy (non-hydrogen) atoms. The minimum atomic E-state index is -0.591. The number of rotatable bonds is 4. The summed E-state index contributed by atoms with van der Waals surface area (Å²) in [6.45, 7) is 0. The van der Waals surface area contributed by atoms with Gasteiger partial charge in [0, 0.05) is 16.5 Å². The molecule has 1 heterocycles. The van der Waals surface area contributed by atoms with Gasteiger partial charge in [0.1, 0.15) is 5.69 Å². The first-order valence-electron chi connectivity index (χ1n) is 5.39. The van der Waals surface area contributed by atoms with Crippen molar-refractivity contribution in [3.8, 4) is 0 Å². The van der Waals surface area contributed by atoms with Crippen molar-refractivity contribution in [2.45, 2.75) is 6.42 Å². The van der Waals surface area contributed by atoms with E-state index in [1.54, 1.807) is 5.38 Å². The van der Waals surface area contributed by atoms with Gasteiger partial charge in [-0.3, -0.25) is 14.9 Å². The largest absolute Gasteiger partial charge is 0.375 e. The number of hydrogen-bond acceptors (Lipinski definition) is 6. The lowest BCUT2D eigenvalue weighted by atomic mass is 10.2. The summed E-state index contributed by atoms with van der Waals surface area (Å²) in [4.78, 5) is 26.0. The van der Waals surface area contributed by atoms with E-state index in [1.165, 1.54) is 29.5 Å². The van der Waals surface area contributed by atoms with Crippen LogP contribution in [0.4, 0.5) is 16.5 Å². The van der Waals surface area contributed by atoms with E-state index in [4.69, 9.17) is 17.3 Å². The topological polar surface area (TPSA) is 111 Å². The van der Waals surface area contributed by atoms with Crippen LogP contribution in [0.25, 0.3) is 0 Å².